The van der Waals surface area contributed by atoms with Gasteiger partial charge in [0.1, 0.15) is 0 Å². The molecule has 0 amide bonds. The van der Waals surface area contributed by atoms with Gasteiger partial charge in [-0.3, -0.25) is 4.79 Å². The summed E-state index contributed by atoms with van der Waals surface area (Å²) in [6.45, 7) is 8.81. The van der Waals surface area contributed by atoms with Crippen molar-refractivity contribution in [1.29, 1.82) is 0 Å². The molecule has 3 heteroatoms. The smallest absolute Gasteiger partial charge is 0.309 e. The fourth-order valence-electron chi connectivity index (χ4n) is 3.80. The molecule has 1 aromatic carbocycles. The van der Waals surface area contributed by atoms with Crippen LogP contribution in [-0.2, 0) is 22.4 Å². The third-order valence-electron chi connectivity index (χ3n) is 5.07. The molecule has 3 nitrogen and oxygen atoms in total. The monoisotopic (exact) mass is 299 g/mol. The van der Waals surface area contributed by atoms with Gasteiger partial charge >= 0.3 is 5.97 Å². The van der Waals surface area contributed by atoms with Gasteiger partial charge in [0, 0.05) is 22.6 Å². The summed E-state index contributed by atoms with van der Waals surface area (Å²) in [5.74, 6) is -0.0646. The summed E-state index contributed by atoms with van der Waals surface area (Å²) >= 11 is 0. The van der Waals surface area contributed by atoms with Crippen LogP contribution in [0.25, 0.3) is 10.9 Å². The van der Waals surface area contributed by atoms with Gasteiger partial charge in [-0.05, 0) is 75.8 Å². The lowest BCUT2D eigenvalue weighted by atomic mass is 9.86. The number of hydrogen-bond donors (Lipinski definition) is 0. The standard InChI is InChI=1S/C19H25NO2/c1-11(2)20-17-7-6-14(19(21)22-5)10-16(17)15-8-12(3)13(4)9-18(15)20/h8-9,11,14H,6-7,10H2,1-5H3. The minimum absolute atomic E-state index is 0.00493. The average molecular weight is 299 g/mol. The number of nitrogens with zero attached hydrogens (tertiary/aromatic N) is 1. The Balaban J connectivity index is 2.21. The Kier molecular flexibility index (Phi) is 3.75. The highest BCUT2D eigenvalue weighted by atomic mass is 16.5. The molecule has 0 radical (unpaired) electrons. The van der Waals surface area contributed by atoms with E-state index in [9.17, 15) is 4.79 Å². The highest BCUT2D eigenvalue weighted by molar-refractivity contribution is 5.88. The highest BCUT2D eigenvalue weighted by Crippen LogP contribution is 2.37. The lowest BCUT2D eigenvalue weighted by Gasteiger charge is -2.23. The molecular weight excluding hydrogens is 274 g/mol. The van der Waals surface area contributed by atoms with Crippen LogP contribution in [0, 0.1) is 19.8 Å². The molecule has 3 rings (SSSR count). The number of carbonyl (C=O) groups is 1. The number of aromatic nitrogens is 1. The minimum Gasteiger partial charge on any atom is -0.469 e. The molecule has 0 bridgehead atoms. The molecule has 22 heavy (non-hydrogen) atoms. The quantitative estimate of drug-likeness (QED) is 0.781. The van der Waals surface area contributed by atoms with Gasteiger partial charge < -0.3 is 9.30 Å². The van der Waals surface area contributed by atoms with Crippen LogP contribution in [0.3, 0.4) is 0 Å². The lowest BCUT2D eigenvalue weighted by molar-refractivity contribution is -0.145. The largest absolute Gasteiger partial charge is 0.469 e. The van der Waals surface area contributed by atoms with Crippen molar-refractivity contribution in [3.8, 4) is 0 Å². The van der Waals surface area contributed by atoms with Crippen LogP contribution in [-0.4, -0.2) is 17.6 Å². The number of methoxy groups -OCH3 is 1. The van der Waals surface area contributed by atoms with Crippen LogP contribution in [0.15, 0.2) is 12.1 Å². The first kappa shape index (κ1) is 15.1. The summed E-state index contributed by atoms with van der Waals surface area (Å²) in [6, 6.07) is 5.03. The Morgan fingerprint density at radius 3 is 2.59 bits per heavy atom. The molecule has 1 aromatic heterocycles. The zero-order chi connectivity index (χ0) is 16.0. The molecule has 1 unspecified atom stereocenters. The molecule has 1 atom stereocenters. The summed E-state index contributed by atoms with van der Waals surface area (Å²) in [5.41, 5.74) is 6.72. The SMILES string of the molecule is COC(=O)C1CCc2c(c3cc(C)c(C)cc3n2C(C)C)C1. The summed E-state index contributed by atoms with van der Waals surface area (Å²) in [4.78, 5) is 11.9. The van der Waals surface area contributed by atoms with Crippen molar-refractivity contribution in [3.05, 3.63) is 34.5 Å². The van der Waals surface area contributed by atoms with E-state index in [0.717, 1.165) is 19.3 Å². The first-order valence-electron chi connectivity index (χ1n) is 8.14. The molecule has 2 aromatic rings. The first-order valence-corrected chi connectivity index (χ1v) is 8.14. The molecule has 0 fully saturated rings. The lowest BCUT2D eigenvalue weighted by Crippen LogP contribution is -2.24. The van der Waals surface area contributed by atoms with E-state index < -0.39 is 0 Å². The second kappa shape index (κ2) is 5.45. The van der Waals surface area contributed by atoms with Crippen LogP contribution in [0.5, 0.6) is 0 Å². The molecule has 118 valence electrons. The predicted octanol–water partition coefficient (Wildman–Crippen LogP) is 4.12. The number of esters is 1. The second-order valence-corrected chi connectivity index (χ2v) is 6.81. The van der Waals surface area contributed by atoms with E-state index in [4.69, 9.17) is 4.74 Å². The second-order valence-electron chi connectivity index (χ2n) is 6.81. The van der Waals surface area contributed by atoms with Crippen LogP contribution in [0.4, 0.5) is 0 Å². The molecular formula is C19H25NO2. The van der Waals surface area contributed by atoms with Crippen molar-refractivity contribution in [2.75, 3.05) is 7.11 Å². The maximum Gasteiger partial charge on any atom is 0.309 e. The Morgan fingerprint density at radius 2 is 1.95 bits per heavy atom. The summed E-state index contributed by atoms with van der Waals surface area (Å²) in [7, 11) is 1.49. The van der Waals surface area contributed by atoms with E-state index in [1.807, 2.05) is 0 Å². The van der Waals surface area contributed by atoms with Gasteiger partial charge in [-0.2, -0.15) is 0 Å². The Morgan fingerprint density at radius 1 is 1.27 bits per heavy atom. The molecule has 0 saturated carbocycles. The summed E-state index contributed by atoms with van der Waals surface area (Å²) in [5, 5.41) is 1.32. The van der Waals surface area contributed by atoms with Crippen molar-refractivity contribution < 1.29 is 9.53 Å². The van der Waals surface area contributed by atoms with Gasteiger partial charge in [-0.1, -0.05) is 0 Å². The molecule has 1 aliphatic rings. The minimum atomic E-state index is -0.0695. The predicted molar refractivity (Wildman–Crippen MR) is 89.3 cm³/mol. The third kappa shape index (κ3) is 2.23. The Bertz CT molecular complexity index is 740. The van der Waals surface area contributed by atoms with Crippen LogP contribution >= 0.6 is 0 Å². The van der Waals surface area contributed by atoms with E-state index in [1.54, 1.807) is 0 Å². The van der Waals surface area contributed by atoms with Crippen molar-refractivity contribution in [2.45, 2.75) is 53.0 Å². The van der Waals surface area contributed by atoms with Crippen molar-refractivity contribution in [3.63, 3.8) is 0 Å². The molecule has 0 aliphatic heterocycles. The fourth-order valence-corrected chi connectivity index (χ4v) is 3.80. The molecule has 0 saturated heterocycles. The van der Waals surface area contributed by atoms with Gasteiger partial charge in [0.2, 0.25) is 0 Å². The number of hydrogen-bond acceptors (Lipinski definition) is 2. The topological polar surface area (TPSA) is 31.2 Å². The van der Waals surface area contributed by atoms with Crippen LogP contribution < -0.4 is 0 Å². The zero-order valence-corrected chi connectivity index (χ0v) is 14.2. The number of fused-ring (bicyclic) bond motifs is 3. The normalized spacial score (nSPS) is 17.8. The number of ether oxygens (including phenoxy) is 1. The third-order valence-corrected chi connectivity index (χ3v) is 5.07. The maximum atomic E-state index is 11.9. The van der Waals surface area contributed by atoms with E-state index >= 15 is 0 Å². The van der Waals surface area contributed by atoms with Gasteiger partial charge in [-0.15, -0.1) is 0 Å². The van der Waals surface area contributed by atoms with E-state index in [1.165, 1.54) is 40.4 Å². The fraction of sp³-hybridized carbons (Fsp3) is 0.526. The van der Waals surface area contributed by atoms with Crippen LogP contribution in [0.2, 0.25) is 0 Å². The van der Waals surface area contributed by atoms with Crippen molar-refractivity contribution in [2.24, 2.45) is 5.92 Å². The van der Waals surface area contributed by atoms with Crippen LogP contribution in [0.1, 0.15) is 48.7 Å². The highest BCUT2D eigenvalue weighted by Gasteiger charge is 2.30. The average Bonchev–Trinajstić information content (AvgIpc) is 2.80. The van der Waals surface area contributed by atoms with E-state index in [0.29, 0.717) is 6.04 Å². The van der Waals surface area contributed by atoms with Gasteiger partial charge in [0.25, 0.3) is 0 Å². The summed E-state index contributed by atoms with van der Waals surface area (Å²) < 4.78 is 7.43. The molecule has 1 heterocycles. The molecule has 0 spiro atoms. The number of aryl methyl sites for hydroxylation is 2. The number of rotatable bonds is 2. The van der Waals surface area contributed by atoms with Gasteiger partial charge in [-0.25, -0.2) is 0 Å². The van der Waals surface area contributed by atoms with Crippen molar-refractivity contribution in [1.82, 2.24) is 4.57 Å². The van der Waals surface area contributed by atoms with Crippen molar-refractivity contribution >= 4 is 16.9 Å². The zero-order valence-electron chi connectivity index (χ0n) is 14.2. The summed E-state index contributed by atoms with van der Waals surface area (Å²) in [6.07, 6.45) is 2.65. The molecule has 1 aliphatic carbocycles. The maximum absolute atomic E-state index is 11.9. The van der Waals surface area contributed by atoms with Gasteiger partial charge in [0.15, 0.2) is 0 Å². The Labute approximate surface area is 132 Å². The van der Waals surface area contributed by atoms with E-state index in [2.05, 4.69) is 44.4 Å². The van der Waals surface area contributed by atoms with E-state index in [-0.39, 0.29) is 11.9 Å². The first-order chi connectivity index (χ1) is 10.4. The Hall–Kier alpha value is -1.77. The molecule has 0 N–H and O–H groups in total. The number of benzene rings is 1. The number of carbonyl (C=O) groups excluding carboxylic acids is 1. The van der Waals surface area contributed by atoms with Gasteiger partial charge in [0.05, 0.1) is 13.0 Å².